The summed E-state index contributed by atoms with van der Waals surface area (Å²) in [5.41, 5.74) is 12.3. The minimum absolute atomic E-state index is 0.0143. The van der Waals surface area contributed by atoms with E-state index in [0.29, 0.717) is 26.2 Å². The first-order valence-electron chi connectivity index (χ1n) is 7.13. The number of nitrogens with two attached hydrogens (primary N) is 2. The number of amides is 1. The molecular weight excluding hydrogens is 254 g/mol. The second-order valence-electron chi connectivity index (χ2n) is 5.09. The highest BCUT2D eigenvalue weighted by Crippen LogP contribution is 2.21. The number of hydrogen-bond donors (Lipinski definition) is 2. The Morgan fingerprint density at radius 3 is 2.60 bits per heavy atom. The fourth-order valence-electron chi connectivity index (χ4n) is 2.49. The quantitative estimate of drug-likeness (QED) is 0.792. The van der Waals surface area contributed by atoms with Gasteiger partial charge in [-0.3, -0.25) is 4.79 Å². The Morgan fingerprint density at radius 2 is 2.00 bits per heavy atom. The molecular formula is C15H23N3O2. The third-order valence-corrected chi connectivity index (χ3v) is 3.57. The summed E-state index contributed by atoms with van der Waals surface area (Å²) >= 11 is 0. The molecule has 1 aliphatic rings. The van der Waals surface area contributed by atoms with E-state index in [1.54, 1.807) is 4.90 Å². The predicted octanol–water partition coefficient (Wildman–Crippen LogP) is 0.480. The van der Waals surface area contributed by atoms with Gasteiger partial charge in [0.05, 0.1) is 6.10 Å². The van der Waals surface area contributed by atoms with Crippen LogP contribution in [0, 0.1) is 0 Å². The largest absolute Gasteiger partial charge is 0.364 e. The SMILES string of the molecule is NCCN(Cc1ccccc1)C(=O)[C@@H]1CC[C@H](CN)O1. The lowest BCUT2D eigenvalue weighted by Gasteiger charge is -2.25. The molecule has 20 heavy (non-hydrogen) atoms. The molecule has 4 N–H and O–H groups in total. The Balaban J connectivity index is 1.99. The van der Waals surface area contributed by atoms with Crippen molar-refractivity contribution in [3.63, 3.8) is 0 Å². The van der Waals surface area contributed by atoms with Crippen LogP contribution in [0.3, 0.4) is 0 Å². The van der Waals surface area contributed by atoms with E-state index in [2.05, 4.69) is 0 Å². The first-order chi connectivity index (χ1) is 9.74. The molecule has 5 heteroatoms. The summed E-state index contributed by atoms with van der Waals surface area (Å²) in [5, 5.41) is 0. The lowest BCUT2D eigenvalue weighted by atomic mass is 10.1. The highest BCUT2D eigenvalue weighted by Gasteiger charge is 2.32. The average molecular weight is 277 g/mol. The highest BCUT2D eigenvalue weighted by atomic mass is 16.5. The third kappa shape index (κ3) is 3.79. The van der Waals surface area contributed by atoms with Crippen molar-refractivity contribution in [2.45, 2.75) is 31.6 Å². The summed E-state index contributed by atoms with van der Waals surface area (Å²) in [5.74, 6) is 0.0234. The van der Waals surface area contributed by atoms with Crippen molar-refractivity contribution >= 4 is 5.91 Å². The van der Waals surface area contributed by atoms with Crippen LogP contribution in [0.4, 0.5) is 0 Å². The van der Waals surface area contributed by atoms with E-state index in [1.807, 2.05) is 30.3 Å². The second kappa shape index (κ2) is 7.38. The number of carbonyl (C=O) groups excluding carboxylic acids is 1. The first kappa shape index (κ1) is 15.0. The van der Waals surface area contributed by atoms with Crippen LogP contribution < -0.4 is 11.5 Å². The van der Waals surface area contributed by atoms with Crippen molar-refractivity contribution < 1.29 is 9.53 Å². The molecule has 1 amide bonds. The van der Waals surface area contributed by atoms with E-state index in [4.69, 9.17) is 16.2 Å². The Hall–Kier alpha value is -1.43. The van der Waals surface area contributed by atoms with Gasteiger partial charge in [0.1, 0.15) is 6.10 Å². The number of hydrogen-bond acceptors (Lipinski definition) is 4. The molecule has 1 aromatic rings. The molecule has 0 saturated carbocycles. The molecule has 0 radical (unpaired) electrons. The maximum absolute atomic E-state index is 12.5. The van der Waals surface area contributed by atoms with E-state index in [-0.39, 0.29) is 18.1 Å². The molecule has 0 spiro atoms. The highest BCUT2D eigenvalue weighted by molar-refractivity contribution is 5.81. The number of nitrogens with zero attached hydrogens (tertiary/aromatic N) is 1. The number of carbonyl (C=O) groups is 1. The third-order valence-electron chi connectivity index (χ3n) is 3.57. The van der Waals surface area contributed by atoms with Gasteiger partial charge in [0.2, 0.25) is 0 Å². The number of rotatable bonds is 6. The zero-order chi connectivity index (χ0) is 14.4. The van der Waals surface area contributed by atoms with Gasteiger partial charge in [-0.1, -0.05) is 30.3 Å². The van der Waals surface area contributed by atoms with Gasteiger partial charge in [0.25, 0.3) is 5.91 Å². The monoisotopic (exact) mass is 277 g/mol. The first-order valence-corrected chi connectivity index (χ1v) is 7.13. The van der Waals surface area contributed by atoms with Crippen LogP contribution in [-0.4, -0.2) is 42.6 Å². The van der Waals surface area contributed by atoms with Gasteiger partial charge < -0.3 is 21.1 Å². The van der Waals surface area contributed by atoms with Gasteiger partial charge in [-0.05, 0) is 18.4 Å². The van der Waals surface area contributed by atoms with Gasteiger partial charge in [0.15, 0.2) is 0 Å². The molecule has 1 saturated heterocycles. The molecule has 0 bridgehead atoms. The Morgan fingerprint density at radius 1 is 1.25 bits per heavy atom. The predicted molar refractivity (Wildman–Crippen MR) is 77.9 cm³/mol. The molecule has 1 aromatic carbocycles. The number of benzene rings is 1. The normalized spacial score (nSPS) is 21.9. The van der Waals surface area contributed by atoms with E-state index in [1.165, 1.54) is 0 Å². The van der Waals surface area contributed by atoms with Crippen LogP contribution in [-0.2, 0) is 16.1 Å². The van der Waals surface area contributed by atoms with Gasteiger partial charge in [-0.2, -0.15) is 0 Å². The Kier molecular flexibility index (Phi) is 5.52. The summed E-state index contributed by atoms with van der Waals surface area (Å²) < 4.78 is 5.68. The van der Waals surface area contributed by atoms with E-state index < -0.39 is 0 Å². The Bertz CT molecular complexity index is 424. The van der Waals surface area contributed by atoms with E-state index >= 15 is 0 Å². The second-order valence-corrected chi connectivity index (χ2v) is 5.09. The molecule has 0 unspecified atom stereocenters. The lowest BCUT2D eigenvalue weighted by Crippen LogP contribution is -2.41. The van der Waals surface area contributed by atoms with Gasteiger partial charge in [-0.25, -0.2) is 0 Å². The lowest BCUT2D eigenvalue weighted by molar-refractivity contribution is -0.143. The van der Waals surface area contributed by atoms with Crippen LogP contribution >= 0.6 is 0 Å². The molecule has 5 nitrogen and oxygen atoms in total. The fourth-order valence-corrected chi connectivity index (χ4v) is 2.49. The van der Waals surface area contributed by atoms with Crippen LogP contribution in [0.25, 0.3) is 0 Å². The smallest absolute Gasteiger partial charge is 0.252 e. The van der Waals surface area contributed by atoms with E-state index in [9.17, 15) is 4.79 Å². The standard InChI is InChI=1S/C15H23N3O2/c16-8-9-18(11-12-4-2-1-3-5-12)15(19)14-7-6-13(10-17)20-14/h1-5,13-14H,6-11,16-17H2/t13-,14+/m1/s1. The van der Waals surface area contributed by atoms with Crippen LogP contribution in [0.15, 0.2) is 30.3 Å². The molecule has 0 aliphatic carbocycles. The molecule has 1 fully saturated rings. The van der Waals surface area contributed by atoms with Gasteiger partial charge >= 0.3 is 0 Å². The molecule has 2 atom stereocenters. The molecule has 110 valence electrons. The van der Waals surface area contributed by atoms with Crippen LogP contribution in [0.1, 0.15) is 18.4 Å². The van der Waals surface area contributed by atoms with Crippen LogP contribution in [0.5, 0.6) is 0 Å². The van der Waals surface area contributed by atoms with Crippen molar-refractivity contribution in [1.82, 2.24) is 4.90 Å². The molecule has 2 rings (SSSR count). The summed E-state index contributed by atoms with van der Waals surface area (Å²) in [7, 11) is 0. The maximum atomic E-state index is 12.5. The molecule has 1 heterocycles. The number of ether oxygens (including phenoxy) is 1. The fraction of sp³-hybridized carbons (Fsp3) is 0.533. The van der Waals surface area contributed by atoms with Crippen LogP contribution in [0.2, 0.25) is 0 Å². The summed E-state index contributed by atoms with van der Waals surface area (Å²) in [6.07, 6.45) is 1.25. The zero-order valence-corrected chi connectivity index (χ0v) is 11.7. The van der Waals surface area contributed by atoms with Crippen molar-refractivity contribution in [2.24, 2.45) is 11.5 Å². The maximum Gasteiger partial charge on any atom is 0.252 e. The topological polar surface area (TPSA) is 81.6 Å². The van der Waals surface area contributed by atoms with E-state index in [0.717, 1.165) is 18.4 Å². The zero-order valence-electron chi connectivity index (χ0n) is 11.7. The minimum Gasteiger partial charge on any atom is -0.364 e. The minimum atomic E-state index is -0.362. The van der Waals surface area contributed by atoms with Crippen molar-refractivity contribution in [1.29, 1.82) is 0 Å². The van der Waals surface area contributed by atoms with Gasteiger partial charge in [0, 0.05) is 26.2 Å². The van der Waals surface area contributed by atoms with Crippen molar-refractivity contribution in [2.75, 3.05) is 19.6 Å². The summed E-state index contributed by atoms with van der Waals surface area (Å²) in [4.78, 5) is 14.3. The molecule has 0 aromatic heterocycles. The summed E-state index contributed by atoms with van der Waals surface area (Å²) in [6, 6.07) is 9.92. The van der Waals surface area contributed by atoms with Gasteiger partial charge in [-0.15, -0.1) is 0 Å². The molecule has 1 aliphatic heterocycles. The summed E-state index contributed by atoms with van der Waals surface area (Å²) in [6.45, 7) is 2.04. The average Bonchev–Trinajstić information content (AvgIpc) is 2.96. The van der Waals surface area contributed by atoms with Crippen molar-refractivity contribution in [3.05, 3.63) is 35.9 Å². The van der Waals surface area contributed by atoms with Crippen molar-refractivity contribution in [3.8, 4) is 0 Å². The Labute approximate surface area is 119 Å².